The third kappa shape index (κ3) is 21.6. The van der Waals surface area contributed by atoms with Crippen LogP contribution in [0, 0.1) is 0 Å². The molecule has 0 rings (SSSR count). The summed E-state index contributed by atoms with van der Waals surface area (Å²) in [5.74, 6) is 0. The predicted octanol–water partition coefficient (Wildman–Crippen LogP) is 6.66. The third-order valence-electron chi connectivity index (χ3n) is 3.46. The Balaban J connectivity index is -0.00000112. The zero-order valence-electron chi connectivity index (χ0n) is 12.8. The Bertz CT molecular complexity index is 104. The smallest absolute Gasteiger partial charge is 0 e. The Kier molecular flexibility index (Phi) is 29.2. The van der Waals surface area contributed by atoms with Gasteiger partial charge in [0, 0.05) is 19.6 Å². The molecule has 1 nitrogen and oxygen atoms in total. The van der Waals surface area contributed by atoms with Crippen LogP contribution >= 0.6 is 13.5 Å². The van der Waals surface area contributed by atoms with Crippen LogP contribution in [0.3, 0.4) is 0 Å². The molecule has 5 radical (unpaired) electrons. The molecule has 0 spiro atoms. The van der Waals surface area contributed by atoms with Crippen LogP contribution in [0.2, 0.25) is 0 Å². The van der Waals surface area contributed by atoms with E-state index in [-0.39, 0.29) is 19.6 Å². The standard InChI is InChI=1S/C16H34.N.S/c1-3-5-7-9-11-13-15-16-14-12-10-8-6-4-2;;/h3-16H2,1-2H3;;. The minimum Gasteiger partial charge on any atom is -0.0654 e. The van der Waals surface area contributed by atoms with Gasteiger partial charge in [0.1, 0.15) is 0 Å². The van der Waals surface area contributed by atoms with E-state index in [1.807, 2.05) is 0 Å². The normalized spacial score (nSPS) is 9.67. The van der Waals surface area contributed by atoms with Gasteiger partial charge >= 0.3 is 0 Å². The molecule has 109 valence electrons. The number of hydrogen-bond donors (Lipinski definition) is 0. The highest BCUT2D eigenvalue weighted by Gasteiger charge is 1.92. The van der Waals surface area contributed by atoms with Crippen LogP contribution in [0.25, 0.3) is 0 Å². The number of rotatable bonds is 13. The van der Waals surface area contributed by atoms with Crippen molar-refractivity contribution in [2.75, 3.05) is 0 Å². The summed E-state index contributed by atoms with van der Waals surface area (Å²) in [7, 11) is 0. The van der Waals surface area contributed by atoms with Gasteiger partial charge in [0.25, 0.3) is 0 Å². The van der Waals surface area contributed by atoms with Gasteiger partial charge in [0.05, 0.1) is 0 Å². The summed E-state index contributed by atoms with van der Waals surface area (Å²) in [5, 5.41) is 0. The lowest BCUT2D eigenvalue weighted by Crippen LogP contribution is -1.82. The molecule has 0 aromatic carbocycles. The van der Waals surface area contributed by atoms with Crippen molar-refractivity contribution in [3.8, 4) is 0 Å². The lowest BCUT2D eigenvalue weighted by atomic mass is 10.0. The van der Waals surface area contributed by atoms with Crippen molar-refractivity contribution < 1.29 is 0 Å². The molecular weight excluding hydrogens is 238 g/mol. The van der Waals surface area contributed by atoms with Crippen LogP contribution in [0.1, 0.15) is 104 Å². The van der Waals surface area contributed by atoms with Crippen molar-refractivity contribution in [1.82, 2.24) is 6.15 Å². The zero-order chi connectivity index (χ0) is 11.9. The van der Waals surface area contributed by atoms with E-state index in [1.165, 1.54) is 89.9 Å². The molecule has 0 saturated heterocycles. The van der Waals surface area contributed by atoms with Gasteiger partial charge in [-0.1, -0.05) is 104 Å². The lowest BCUT2D eigenvalue weighted by Gasteiger charge is -2.02. The molecule has 0 amide bonds. The second kappa shape index (κ2) is 22.5. The number of hydrogen-bond acceptors (Lipinski definition) is 0. The fourth-order valence-corrected chi connectivity index (χ4v) is 2.27. The van der Waals surface area contributed by atoms with Gasteiger partial charge in [0.2, 0.25) is 0 Å². The van der Waals surface area contributed by atoms with E-state index in [1.54, 1.807) is 0 Å². The Morgan fingerprint density at radius 3 is 0.722 bits per heavy atom. The second-order valence-corrected chi connectivity index (χ2v) is 5.24. The van der Waals surface area contributed by atoms with Crippen LogP contribution in [0.5, 0.6) is 0 Å². The largest absolute Gasteiger partial charge is 0.0654 e. The molecule has 0 heterocycles. The average molecular weight is 273 g/mol. The molecule has 0 atom stereocenters. The maximum absolute atomic E-state index is 2.29. The fraction of sp³-hybridized carbons (Fsp3) is 1.00. The van der Waals surface area contributed by atoms with E-state index in [0.29, 0.717) is 0 Å². The first-order valence-electron chi connectivity index (χ1n) is 7.91. The maximum Gasteiger partial charge on any atom is 0 e. The summed E-state index contributed by atoms with van der Waals surface area (Å²) < 4.78 is 0. The summed E-state index contributed by atoms with van der Waals surface area (Å²) in [6.07, 6.45) is 20.4. The van der Waals surface area contributed by atoms with Crippen molar-refractivity contribution >= 4 is 13.5 Å². The first-order chi connectivity index (χ1) is 7.91. The van der Waals surface area contributed by atoms with Crippen LogP contribution in [-0.2, 0) is 0 Å². The lowest BCUT2D eigenvalue weighted by molar-refractivity contribution is 0.538. The maximum atomic E-state index is 2.29. The highest BCUT2D eigenvalue weighted by atomic mass is 32.1. The van der Waals surface area contributed by atoms with E-state index in [0.717, 1.165) is 0 Å². The second-order valence-electron chi connectivity index (χ2n) is 5.24. The molecule has 0 fully saturated rings. The number of unbranched alkanes of at least 4 members (excludes halogenated alkanes) is 13. The molecule has 0 bridgehead atoms. The Morgan fingerprint density at radius 2 is 0.556 bits per heavy atom. The minimum atomic E-state index is 0. The summed E-state index contributed by atoms with van der Waals surface area (Å²) in [6.45, 7) is 4.58. The third-order valence-corrected chi connectivity index (χ3v) is 3.46. The van der Waals surface area contributed by atoms with Gasteiger partial charge < -0.3 is 0 Å². The van der Waals surface area contributed by atoms with E-state index < -0.39 is 0 Å². The molecule has 0 saturated carbocycles. The van der Waals surface area contributed by atoms with Gasteiger partial charge in [-0.15, -0.1) is 0 Å². The molecule has 0 unspecified atom stereocenters. The van der Waals surface area contributed by atoms with E-state index >= 15 is 0 Å². The molecular formula is C16H34NS. The van der Waals surface area contributed by atoms with Crippen LogP contribution in [-0.4, -0.2) is 0 Å². The molecule has 2 heteroatoms. The Labute approximate surface area is 124 Å². The van der Waals surface area contributed by atoms with Crippen molar-refractivity contribution in [3.63, 3.8) is 0 Å². The summed E-state index contributed by atoms with van der Waals surface area (Å²) in [5.41, 5.74) is 0. The van der Waals surface area contributed by atoms with Crippen LogP contribution in [0.4, 0.5) is 0 Å². The topological polar surface area (TPSA) is 30.5 Å². The number of nitrogens with zero attached hydrogens (tertiary/aromatic N) is 1. The van der Waals surface area contributed by atoms with Crippen LogP contribution < -0.4 is 6.15 Å². The average Bonchev–Trinajstić information content (AvgIpc) is 2.31. The predicted molar refractivity (Wildman–Crippen MR) is 85.7 cm³/mol. The SMILES string of the molecule is CCCCCCCCCCCCCCCC.[N].[S]. The highest BCUT2D eigenvalue weighted by molar-refractivity contribution is 7.59. The zero-order valence-corrected chi connectivity index (χ0v) is 13.6. The molecule has 0 aliphatic rings. The first kappa shape index (κ1) is 23.4. The van der Waals surface area contributed by atoms with Gasteiger partial charge in [-0.25, -0.2) is 0 Å². The molecule has 0 aliphatic carbocycles. The fourth-order valence-electron chi connectivity index (χ4n) is 2.27. The first-order valence-corrected chi connectivity index (χ1v) is 7.91. The van der Waals surface area contributed by atoms with E-state index in [4.69, 9.17) is 0 Å². The molecule has 18 heavy (non-hydrogen) atoms. The van der Waals surface area contributed by atoms with Gasteiger partial charge in [-0.05, 0) is 0 Å². The molecule has 0 aliphatic heterocycles. The van der Waals surface area contributed by atoms with Gasteiger partial charge in [0.15, 0.2) is 0 Å². The minimum absolute atomic E-state index is 0. The van der Waals surface area contributed by atoms with E-state index in [9.17, 15) is 0 Å². The molecule has 0 aromatic rings. The highest BCUT2D eigenvalue weighted by Crippen LogP contribution is 2.12. The summed E-state index contributed by atoms with van der Waals surface area (Å²) in [6, 6.07) is 0. The Morgan fingerprint density at radius 1 is 0.389 bits per heavy atom. The van der Waals surface area contributed by atoms with Gasteiger partial charge in [-0.2, -0.15) is 0 Å². The summed E-state index contributed by atoms with van der Waals surface area (Å²) >= 11 is 0. The van der Waals surface area contributed by atoms with Crippen molar-refractivity contribution in [2.45, 2.75) is 104 Å². The van der Waals surface area contributed by atoms with Crippen LogP contribution in [0.15, 0.2) is 0 Å². The van der Waals surface area contributed by atoms with Gasteiger partial charge in [-0.3, -0.25) is 0 Å². The van der Waals surface area contributed by atoms with Crippen molar-refractivity contribution in [1.29, 1.82) is 0 Å². The van der Waals surface area contributed by atoms with E-state index in [2.05, 4.69) is 13.8 Å². The Hall–Kier alpha value is 0.310. The monoisotopic (exact) mass is 272 g/mol. The van der Waals surface area contributed by atoms with Crippen molar-refractivity contribution in [3.05, 3.63) is 0 Å². The molecule has 0 N–H and O–H groups in total. The van der Waals surface area contributed by atoms with Crippen molar-refractivity contribution in [2.24, 2.45) is 0 Å². The summed E-state index contributed by atoms with van der Waals surface area (Å²) in [4.78, 5) is 0. The quantitative estimate of drug-likeness (QED) is 0.336. The molecule has 0 aromatic heterocycles.